The first kappa shape index (κ1) is 22.4. The third-order valence-electron chi connectivity index (χ3n) is 4.50. The van der Waals surface area contributed by atoms with Gasteiger partial charge >= 0.3 is 5.97 Å². The second kappa shape index (κ2) is 9.09. The number of amides is 1. The molecule has 0 aliphatic heterocycles. The third-order valence-corrected chi connectivity index (χ3v) is 5.74. The van der Waals surface area contributed by atoms with Crippen LogP contribution >= 0.6 is 0 Å². The number of rotatable bonds is 7. The summed E-state index contributed by atoms with van der Waals surface area (Å²) in [4.78, 5) is 24.4. The molecule has 0 saturated heterocycles. The van der Waals surface area contributed by atoms with Gasteiger partial charge in [-0.3, -0.25) is 9.10 Å². The number of carbonyl (C=O) groups is 2. The summed E-state index contributed by atoms with van der Waals surface area (Å²) in [6, 6.07) is 10.5. The largest absolute Gasteiger partial charge is 0.462 e. The minimum Gasteiger partial charge on any atom is -0.462 e. The van der Waals surface area contributed by atoms with Gasteiger partial charge in [0.2, 0.25) is 15.9 Å². The zero-order valence-corrected chi connectivity index (χ0v) is 18.0. The maximum absolute atomic E-state index is 12.7. The van der Waals surface area contributed by atoms with Crippen LogP contribution in [0.2, 0.25) is 0 Å². The van der Waals surface area contributed by atoms with Gasteiger partial charge in [-0.2, -0.15) is 0 Å². The molecule has 1 amide bonds. The molecule has 0 spiro atoms. The van der Waals surface area contributed by atoms with Crippen LogP contribution in [0.5, 0.6) is 0 Å². The number of hydrogen-bond donors (Lipinski definition) is 1. The first-order valence-electron chi connectivity index (χ1n) is 9.19. The van der Waals surface area contributed by atoms with Crippen molar-refractivity contribution in [2.75, 3.05) is 22.5 Å². The lowest BCUT2D eigenvalue weighted by Gasteiger charge is -2.28. The standard InChI is InChI=1S/C21H26N2O5S/c1-6-28-21(25)17-8-10-18(11-9-17)22-20(24)16(4)23(29(5,26)27)19-12-7-14(2)15(3)13-19/h7-13,16H,6H2,1-5H3,(H,22,24)/t16-/m0/s1. The number of nitrogens with one attached hydrogen (secondary N) is 1. The van der Waals surface area contributed by atoms with Crippen LogP contribution in [0.25, 0.3) is 0 Å². The highest BCUT2D eigenvalue weighted by molar-refractivity contribution is 7.92. The van der Waals surface area contributed by atoms with Gasteiger partial charge in [-0.25, -0.2) is 13.2 Å². The zero-order valence-electron chi connectivity index (χ0n) is 17.2. The van der Waals surface area contributed by atoms with Crippen LogP contribution in [0.3, 0.4) is 0 Å². The Morgan fingerprint density at radius 3 is 2.21 bits per heavy atom. The lowest BCUT2D eigenvalue weighted by molar-refractivity contribution is -0.116. The van der Waals surface area contributed by atoms with Gasteiger partial charge in [-0.15, -0.1) is 0 Å². The monoisotopic (exact) mass is 418 g/mol. The summed E-state index contributed by atoms with van der Waals surface area (Å²) in [5.41, 5.74) is 3.20. The molecule has 156 valence electrons. The van der Waals surface area contributed by atoms with Gasteiger partial charge < -0.3 is 10.1 Å². The van der Waals surface area contributed by atoms with Crippen molar-refractivity contribution < 1.29 is 22.7 Å². The lowest BCUT2D eigenvalue weighted by Crippen LogP contribution is -2.45. The van der Waals surface area contributed by atoms with Crippen LogP contribution < -0.4 is 9.62 Å². The number of sulfonamides is 1. The van der Waals surface area contributed by atoms with E-state index in [0.29, 0.717) is 16.9 Å². The summed E-state index contributed by atoms with van der Waals surface area (Å²) in [5, 5.41) is 2.69. The maximum atomic E-state index is 12.7. The fourth-order valence-electron chi connectivity index (χ4n) is 2.82. The fraction of sp³-hybridized carbons (Fsp3) is 0.333. The van der Waals surface area contributed by atoms with Gasteiger partial charge in [0.25, 0.3) is 0 Å². The van der Waals surface area contributed by atoms with E-state index < -0.39 is 27.9 Å². The van der Waals surface area contributed by atoms with E-state index in [4.69, 9.17) is 4.74 Å². The molecule has 0 heterocycles. The predicted molar refractivity (Wildman–Crippen MR) is 114 cm³/mol. The summed E-state index contributed by atoms with van der Waals surface area (Å²) in [7, 11) is -3.70. The Labute approximate surface area is 171 Å². The van der Waals surface area contributed by atoms with E-state index in [-0.39, 0.29) is 6.61 Å². The molecule has 8 heteroatoms. The Balaban J connectivity index is 2.23. The van der Waals surface area contributed by atoms with E-state index >= 15 is 0 Å². The topological polar surface area (TPSA) is 92.8 Å². The minimum absolute atomic E-state index is 0.272. The van der Waals surface area contributed by atoms with Crippen LogP contribution in [0, 0.1) is 13.8 Å². The van der Waals surface area contributed by atoms with Crippen molar-refractivity contribution in [2.45, 2.75) is 33.7 Å². The summed E-state index contributed by atoms with van der Waals surface area (Å²) >= 11 is 0. The second-order valence-electron chi connectivity index (χ2n) is 6.79. The maximum Gasteiger partial charge on any atom is 0.338 e. The van der Waals surface area contributed by atoms with Crippen molar-refractivity contribution in [3.63, 3.8) is 0 Å². The van der Waals surface area contributed by atoms with Gasteiger partial charge in [0.05, 0.1) is 24.1 Å². The highest BCUT2D eigenvalue weighted by Gasteiger charge is 2.29. The predicted octanol–water partition coefficient (Wildman–Crippen LogP) is 3.27. The molecule has 7 nitrogen and oxygen atoms in total. The van der Waals surface area contributed by atoms with Crippen molar-refractivity contribution in [3.05, 3.63) is 59.2 Å². The number of benzene rings is 2. The van der Waals surface area contributed by atoms with Gasteiger partial charge in [0.15, 0.2) is 0 Å². The molecule has 2 aromatic rings. The second-order valence-corrected chi connectivity index (χ2v) is 8.65. The van der Waals surface area contributed by atoms with E-state index in [2.05, 4.69) is 5.32 Å². The van der Waals surface area contributed by atoms with E-state index in [1.165, 1.54) is 19.1 Å². The van der Waals surface area contributed by atoms with E-state index in [9.17, 15) is 18.0 Å². The normalized spacial score (nSPS) is 12.2. The zero-order chi connectivity index (χ0) is 21.8. The van der Waals surface area contributed by atoms with E-state index in [1.54, 1.807) is 31.2 Å². The summed E-state index contributed by atoms with van der Waals surface area (Å²) < 4.78 is 30.8. The number of esters is 1. The molecule has 0 unspecified atom stereocenters. The van der Waals surface area contributed by atoms with E-state index in [1.807, 2.05) is 19.9 Å². The Bertz CT molecular complexity index is 1000. The van der Waals surface area contributed by atoms with Crippen molar-refractivity contribution in [1.29, 1.82) is 0 Å². The summed E-state index contributed by atoms with van der Waals surface area (Å²) in [6.07, 6.45) is 1.07. The Kier molecular flexibility index (Phi) is 7.02. The summed E-state index contributed by atoms with van der Waals surface area (Å²) in [5.74, 6) is -0.936. The van der Waals surface area contributed by atoms with Gasteiger partial charge in [-0.05, 0) is 75.2 Å². The van der Waals surface area contributed by atoms with Gasteiger partial charge in [0, 0.05) is 5.69 Å². The molecule has 0 bridgehead atoms. The molecular weight excluding hydrogens is 392 g/mol. The number of carbonyl (C=O) groups excluding carboxylic acids is 2. The van der Waals surface area contributed by atoms with Crippen molar-refractivity contribution in [2.24, 2.45) is 0 Å². The number of hydrogen-bond acceptors (Lipinski definition) is 5. The molecule has 0 fully saturated rings. The molecule has 1 N–H and O–H groups in total. The quantitative estimate of drug-likeness (QED) is 0.697. The Hall–Kier alpha value is -2.87. The van der Waals surface area contributed by atoms with Gasteiger partial charge in [-0.1, -0.05) is 6.07 Å². The molecule has 2 rings (SSSR count). The smallest absolute Gasteiger partial charge is 0.338 e. The Morgan fingerprint density at radius 2 is 1.69 bits per heavy atom. The Morgan fingerprint density at radius 1 is 1.07 bits per heavy atom. The molecule has 29 heavy (non-hydrogen) atoms. The average molecular weight is 419 g/mol. The van der Waals surface area contributed by atoms with Gasteiger partial charge in [0.1, 0.15) is 6.04 Å². The third kappa shape index (κ3) is 5.57. The highest BCUT2D eigenvalue weighted by Crippen LogP contribution is 2.24. The molecule has 0 radical (unpaired) electrons. The average Bonchev–Trinajstić information content (AvgIpc) is 2.64. The molecule has 2 aromatic carbocycles. The molecule has 0 aliphatic carbocycles. The van der Waals surface area contributed by atoms with Crippen molar-refractivity contribution in [3.8, 4) is 0 Å². The number of ether oxygens (including phenoxy) is 1. The van der Waals surface area contributed by atoms with Crippen LogP contribution in [0.15, 0.2) is 42.5 Å². The van der Waals surface area contributed by atoms with Crippen LogP contribution in [0.1, 0.15) is 35.3 Å². The first-order chi connectivity index (χ1) is 13.5. The van der Waals surface area contributed by atoms with Crippen LogP contribution in [-0.4, -0.2) is 39.2 Å². The van der Waals surface area contributed by atoms with Crippen LogP contribution in [0.4, 0.5) is 11.4 Å². The molecular formula is C21H26N2O5S. The number of anilines is 2. The number of nitrogens with zero attached hydrogens (tertiary/aromatic N) is 1. The first-order valence-corrected chi connectivity index (χ1v) is 11.0. The summed E-state index contributed by atoms with van der Waals surface area (Å²) in [6.45, 7) is 7.33. The van der Waals surface area contributed by atoms with Crippen LogP contribution in [-0.2, 0) is 19.6 Å². The number of aryl methyl sites for hydroxylation is 2. The van der Waals surface area contributed by atoms with Crippen molar-refractivity contribution >= 4 is 33.3 Å². The molecule has 0 saturated carbocycles. The SMILES string of the molecule is CCOC(=O)c1ccc(NC(=O)[C@H](C)N(c2ccc(C)c(C)c2)S(C)(=O)=O)cc1. The highest BCUT2D eigenvalue weighted by atomic mass is 32.2. The lowest BCUT2D eigenvalue weighted by atomic mass is 10.1. The molecule has 0 aromatic heterocycles. The van der Waals surface area contributed by atoms with Crippen molar-refractivity contribution in [1.82, 2.24) is 0 Å². The van der Waals surface area contributed by atoms with E-state index in [0.717, 1.165) is 21.7 Å². The minimum atomic E-state index is -3.70. The molecule has 0 aliphatic rings. The fourth-order valence-corrected chi connectivity index (χ4v) is 3.99. The molecule has 1 atom stereocenters.